The van der Waals surface area contributed by atoms with Crippen LogP contribution in [0, 0.1) is 22.7 Å². The summed E-state index contributed by atoms with van der Waals surface area (Å²) >= 11 is 0. The van der Waals surface area contributed by atoms with Crippen molar-refractivity contribution >= 4 is 17.7 Å². The molecule has 4 N–H and O–H groups in total. The van der Waals surface area contributed by atoms with Crippen molar-refractivity contribution in [2.24, 2.45) is 22.7 Å². The largest absolute Gasteiger partial charge is 0.504 e. The van der Waals surface area contributed by atoms with Gasteiger partial charge in [-0.3, -0.25) is 9.59 Å². The third-order valence-electron chi connectivity index (χ3n) is 9.04. The molecular weight excluding hydrogens is 424 g/mol. The molecule has 1 spiro atoms. The van der Waals surface area contributed by atoms with Crippen molar-refractivity contribution in [2.45, 2.75) is 69.5 Å². The molecule has 0 radical (unpaired) electrons. The predicted octanol–water partition coefficient (Wildman–Crippen LogP) is -0.466. The van der Waals surface area contributed by atoms with Gasteiger partial charge in [0.15, 0.2) is 11.5 Å². The van der Waals surface area contributed by atoms with E-state index in [0.29, 0.717) is 5.57 Å². The van der Waals surface area contributed by atoms with Gasteiger partial charge in [0.2, 0.25) is 5.60 Å². The molecule has 10 heteroatoms. The first-order valence-corrected chi connectivity index (χ1v) is 10.9. The number of aliphatic hydroxyl groups excluding tert-OH is 3. The average Bonchev–Trinajstić information content (AvgIpc) is 2.91. The van der Waals surface area contributed by atoms with Gasteiger partial charge in [-0.15, -0.1) is 0 Å². The second kappa shape index (κ2) is 6.31. The van der Waals surface area contributed by atoms with Gasteiger partial charge >= 0.3 is 11.9 Å². The van der Waals surface area contributed by atoms with E-state index in [0.717, 1.165) is 0 Å². The standard InChI is InChI=1S/C22H28O10/c1-4-30-18(28)22-17(27)15(26)16-19(3)6-11(23)14(25)9(2)10(19)5-12-20(16,8-31-22)21(22,29)7-13(24)32-12/h10,12,15-17,25-27,29H,4-8H2,1-3H3/t10-,12+,15+,16+,17-,19-,20+,21-,22-/m0/s1. The minimum Gasteiger partial charge on any atom is -0.504 e. The predicted molar refractivity (Wildman–Crippen MR) is 104 cm³/mol. The van der Waals surface area contributed by atoms with Crippen LogP contribution in [0.2, 0.25) is 0 Å². The summed E-state index contributed by atoms with van der Waals surface area (Å²) in [6.45, 7) is 4.60. The number of Topliss-reactive ketones (excluding diaryl/α,β-unsaturated/α-hetero) is 1. The first-order chi connectivity index (χ1) is 14.9. The number of fused-ring (bicyclic) bond motifs is 2. The first kappa shape index (κ1) is 21.8. The number of esters is 2. The molecule has 2 saturated heterocycles. The smallest absolute Gasteiger partial charge is 0.344 e. The highest BCUT2D eigenvalue weighted by atomic mass is 16.6. The number of hydrogen-bond donors (Lipinski definition) is 4. The van der Waals surface area contributed by atoms with E-state index in [1.165, 1.54) is 0 Å². The summed E-state index contributed by atoms with van der Waals surface area (Å²) in [6.07, 6.45) is -5.07. The number of ether oxygens (including phenoxy) is 3. The van der Waals surface area contributed by atoms with Crippen LogP contribution < -0.4 is 0 Å². The van der Waals surface area contributed by atoms with Crippen LogP contribution in [0.25, 0.3) is 0 Å². The molecule has 5 aliphatic rings. The monoisotopic (exact) mass is 452 g/mol. The number of hydrogen-bond acceptors (Lipinski definition) is 10. The Morgan fingerprint density at radius 3 is 2.59 bits per heavy atom. The summed E-state index contributed by atoms with van der Waals surface area (Å²) in [4.78, 5) is 38.4. The second-order valence-corrected chi connectivity index (χ2v) is 10.1. The molecule has 5 rings (SSSR count). The van der Waals surface area contributed by atoms with Crippen molar-refractivity contribution in [2.75, 3.05) is 13.2 Å². The molecule has 4 fully saturated rings. The zero-order chi connectivity index (χ0) is 23.4. The molecule has 176 valence electrons. The molecule has 10 nitrogen and oxygen atoms in total. The SMILES string of the molecule is CCOC(=O)[C@@]12OC[C@]34[C@H]([C@@H](O)[C@@H]1O)[C@@]1(C)CC(=O)C(O)=C(C)[C@@H]1C[C@H]3OC(=O)C[C@]42O. The molecule has 2 saturated carbocycles. The van der Waals surface area contributed by atoms with Crippen molar-refractivity contribution in [3.05, 3.63) is 11.3 Å². The summed E-state index contributed by atoms with van der Waals surface area (Å²) in [5.74, 6) is -4.11. The van der Waals surface area contributed by atoms with Gasteiger partial charge in [0.1, 0.15) is 17.8 Å². The Morgan fingerprint density at radius 1 is 1.25 bits per heavy atom. The van der Waals surface area contributed by atoms with Gasteiger partial charge in [0.05, 0.1) is 31.2 Å². The van der Waals surface area contributed by atoms with Crippen LogP contribution in [-0.4, -0.2) is 80.9 Å². The third kappa shape index (κ3) is 2.04. The minimum atomic E-state index is -2.37. The summed E-state index contributed by atoms with van der Waals surface area (Å²) in [5.41, 5.74) is -6.64. The number of carbonyl (C=O) groups is 3. The molecule has 32 heavy (non-hydrogen) atoms. The Labute approximate surface area is 184 Å². The molecule has 0 aromatic rings. The number of ketones is 1. The lowest BCUT2D eigenvalue weighted by Gasteiger charge is -2.68. The van der Waals surface area contributed by atoms with Crippen molar-refractivity contribution in [1.82, 2.24) is 0 Å². The van der Waals surface area contributed by atoms with E-state index in [1.54, 1.807) is 20.8 Å². The summed E-state index contributed by atoms with van der Waals surface area (Å²) < 4.78 is 16.7. The lowest BCUT2D eigenvalue weighted by molar-refractivity contribution is -0.324. The van der Waals surface area contributed by atoms with Crippen molar-refractivity contribution in [1.29, 1.82) is 0 Å². The number of carbonyl (C=O) groups excluding carboxylic acids is 3. The Bertz CT molecular complexity index is 958. The quantitative estimate of drug-likeness (QED) is 0.404. The second-order valence-electron chi connectivity index (χ2n) is 10.1. The summed E-state index contributed by atoms with van der Waals surface area (Å²) in [5, 5.41) is 45.2. The summed E-state index contributed by atoms with van der Waals surface area (Å²) in [6, 6.07) is 0. The van der Waals surface area contributed by atoms with E-state index in [1.807, 2.05) is 0 Å². The van der Waals surface area contributed by atoms with E-state index in [2.05, 4.69) is 0 Å². The van der Waals surface area contributed by atoms with Gasteiger partial charge in [-0.1, -0.05) is 6.92 Å². The third-order valence-corrected chi connectivity index (χ3v) is 9.04. The van der Waals surface area contributed by atoms with E-state index < -0.39 is 76.3 Å². The lowest BCUT2D eigenvalue weighted by atomic mass is 9.37. The fraction of sp³-hybridized carbons (Fsp3) is 0.773. The maximum Gasteiger partial charge on any atom is 0.344 e. The highest BCUT2D eigenvalue weighted by Crippen LogP contribution is 2.73. The van der Waals surface area contributed by atoms with E-state index in [-0.39, 0.29) is 31.8 Å². The van der Waals surface area contributed by atoms with Crippen molar-refractivity contribution in [3.63, 3.8) is 0 Å². The maximum atomic E-state index is 13.1. The van der Waals surface area contributed by atoms with Gasteiger partial charge in [-0.2, -0.15) is 0 Å². The van der Waals surface area contributed by atoms with Gasteiger partial charge in [0, 0.05) is 12.3 Å². The number of allylic oxidation sites excluding steroid dienone is 2. The Morgan fingerprint density at radius 2 is 1.94 bits per heavy atom. The van der Waals surface area contributed by atoms with Crippen LogP contribution in [0.3, 0.4) is 0 Å². The molecule has 2 bridgehead atoms. The minimum absolute atomic E-state index is 0.0648. The van der Waals surface area contributed by atoms with E-state index in [9.17, 15) is 34.8 Å². The van der Waals surface area contributed by atoms with Crippen LogP contribution in [0.1, 0.15) is 40.0 Å². The highest BCUT2D eigenvalue weighted by molar-refractivity contribution is 5.95. The zero-order valence-corrected chi connectivity index (χ0v) is 18.2. The lowest BCUT2D eigenvalue weighted by Crippen LogP contribution is -2.84. The topological polar surface area (TPSA) is 160 Å². The number of rotatable bonds is 2. The van der Waals surface area contributed by atoms with Gasteiger partial charge < -0.3 is 34.6 Å². The van der Waals surface area contributed by atoms with Crippen molar-refractivity contribution in [3.8, 4) is 0 Å². The zero-order valence-electron chi connectivity index (χ0n) is 18.2. The maximum absolute atomic E-state index is 13.1. The molecule has 3 aliphatic carbocycles. The van der Waals surface area contributed by atoms with Gasteiger partial charge in [0.25, 0.3) is 0 Å². The molecule has 0 unspecified atom stereocenters. The van der Waals surface area contributed by atoms with Gasteiger partial charge in [-0.05, 0) is 37.2 Å². The average molecular weight is 452 g/mol. The Balaban J connectivity index is 1.77. The molecule has 9 atom stereocenters. The van der Waals surface area contributed by atoms with Crippen LogP contribution >= 0.6 is 0 Å². The van der Waals surface area contributed by atoms with E-state index >= 15 is 0 Å². The van der Waals surface area contributed by atoms with Crippen LogP contribution in [0.5, 0.6) is 0 Å². The van der Waals surface area contributed by atoms with Crippen LogP contribution in [-0.2, 0) is 28.6 Å². The molecule has 0 amide bonds. The Hall–Kier alpha value is -2.01. The molecular formula is C22H28O10. The normalized spacial score (nSPS) is 51.6. The molecule has 2 aliphatic heterocycles. The van der Waals surface area contributed by atoms with Crippen LogP contribution in [0.15, 0.2) is 11.3 Å². The summed E-state index contributed by atoms with van der Waals surface area (Å²) in [7, 11) is 0. The van der Waals surface area contributed by atoms with Crippen LogP contribution in [0.4, 0.5) is 0 Å². The number of aliphatic hydroxyl groups is 4. The highest BCUT2D eigenvalue weighted by Gasteiger charge is 2.89. The Kier molecular flexibility index (Phi) is 4.30. The van der Waals surface area contributed by atoms with Crippen molar-refractivity contribution < 1.29 is 49.0 Å². The first-order valence-electron chi connectivity index (χ1n) is 10.9. The fourth-order valence-electron chi connectivity index (χ4n) is 7.84. The van der Waals surface area contributed by atoms with Gasteiger partial charge in [-0.25, -0.2) is 4.79 Å². The van der Waals surface area contributed by atoms with E-state index in [4.69, 9.17) is 14.2 Å². The molecule has 0 aromatic heterocycles. The molecule has 0 aromatic carbocycles. The fourth-order valence-corrected chi connectivity index (χ4v) is 7.84. The molecule has 2 heterocycles.